The van der Waals surface area contributed by atoms with Gasteiger partial charge in [-0.05, 0) is 35.9 Å². The zero-order valence-corrected chi connectivity index (χ0v) is 17.3. The minimum Gasteiger partial charge on any atom is -0.311 e. The summed E-state index contributed by atoms with van der Waals surface area (Å²) >= 11 is 12.3. The molecule has 0 aliphatic carbocycles. The van der Waals surface area contributed by atoms with Crippen molar-refractivity contribution in [3.63, 3.8) is 0 Å². The van der Waals surface area contributed by atoms with Crippen LogP contribution in [0.5, 0.6) is 0 Å². The number of para-hydroxylation sites is 1. The lowest BCUT2D eigenvalue weighted by molar-refractivity contribution is 0.0992. The predicted molar refractivity (Wildman–Crippen MR) is 121 cm³/mol. The number of hydrogen-bond acceptors (Lipinski definition) is 2. The number of amides is 1. The highest BCUT2D eigenvalue weighted by molar-refractivity contribution is 6.30. The van der Waals surface area contributed by atoms with Crippen molar-refractivity contribution in [3.05, 3.63) is 95.1 Å². The molecular formula is C24H18Cl2N2O. The lowest BCUT2D eigenvalue weighted by Crippen LogP contribution is -2.28. The van der Waals surface area contributed by atoms with Gasteiger partial charge in [-0.25, -0.2) is 0 Å². The third kappa shape index (κ3) is 3.71. The monoisotopic (exact) mass is 420 g/mol. The first-order valence-corrected chi connectivity index (χ1v) is 10.1. The summed E-state index contributed by atoms with van der Waals surface area (Å²) in [6.07, 6.45) is 0. The third-order valence-corrected chi connectivity index (χ3v) is 5.39. The molecule has 0 N–H and O–H groups in total. The SMILES string of the molecule is CN(C(=O)c1c(CCl)nc2ccccc2c1-c1ccccc1)c1ccc(Cl)cc1. The first-order chi connectivity index (χ1) is 14.1. The Morgan fingerprint density at radius 2 is 1.59 bits per heavy atom. The van der Waals surface area contributed by atoms with E-state index in [1.807, 2.05) is 66.7 Å². The maximum Gasteiger partial charge on any atom is 0.260 e. The van der Waals surface area contributed by atoms with Crippen LogP contribution in [0.3, 0.4) is 0 Å². The molecule has 1 amide bonds. The first-order valence-electron chi connectivity index (χ1n) is 9.16. The van der Waals surface area contributed by atoms with Crippen LogP contribution in [0.4, 0.5) is 5.69 Å². The molecule has 0 saturated carbocycles. The maximum atomic E-state index is 13.6. The number of nitrogens with zero attached hydrogens (tertiary/aromatic N) is 2. The number of carbonyl (C=O) groups excluding carboxylic acids is 1. The van der Waals surface area contributed by atoms with Gasteiger partial charge < -0.3 is 4.90 Å². The summed E-state index contributed by atoms with van der Waals surface area (Å²) in [5.41, 5.74) is 4.43. The Labute approximate surface area is 179 Å². The van der Waals surface area contributed by atoms with Crippen LogP contribution < -0.4 is 4.90 Å². The van der Waals surface area contributed by atoms with Gasteiger partial charge >= 0.3 is 0 Å². The van der Waals surface area contributed by atoms with Crippen molar-refractivity contribution in [2.45, 2.75) is 5.88 Å². The summed E-state index contributed by atoms with van der Waals surface area (Å²) in [5.74, 6) is -0.0275. The van der Waals surface area contributed by atoms with Gasteiger partial charge in [-0.1, -0.05) is 60.1 Å². The number of carbonyl (C=O) groups is 1. The van der Waals surface area contributed by atoms with Gasteiger partial charge in [0.1, 0.15) is 0 Å². The topological polar surface area (TPSA) is 33.2 Å². The van der Waals surface area contributed by atoms with Crippen LogP contribution >= 0.6 is 23.2 Å². The molecule has 144 valence electrons. The average Bonchev–Trinajstić information content (AvgIpc) is 2.77. The molecule has 0 fully saturated rings. The van der Waals surface area contributed by atoms with Gasteiger partial charge in [-0.3, -0.25) is 9.78 Å². The molecule has 1 heterocycles. The van der Waals surface area contributed by atoms with E-state index in [9.17, 15) is 4.79 Å². The minimum atomic E-state index is -0.167. The molecule has 0 bridgehead atoms. The van der Waals surface area contributed by atoms with Crippen molar-refractivity contribution in [2.24, 2.45) is 0 Å². The second-order valence-corrected chi connectivity index (χ2v) is 7.37. The summed E-state index contributed by atoms with van der Waals surface area (Å²) in [6, 6.07) is 24.8. The molecule has 0 saturated heterocycles. The summed E-state index contributed by atoms with van der Waals surface area (Å²) in [6.45, 7) is 0. The predicted octanol–water partition coefficient (Wildman–Crippen LogP) is 6.57. The molecule has 29 heavy (non-hydrogen) atoms. The van der Waals surface area contributed by atoms with Crippen LogP contribution in [0.15, 0.2) is 78.9 Å². The number of hydrogen-bond donors (Lipinski definition) is 0. The van der Waals surface area contributed by atoms with E-state index < -0.39 is 0 Å². The average molecular weight is 421 g/mol. The summed E-state index contributed by atoms with van der Waals surface area (Å²) < 4.78 is 0. The van der Waals surface area contributed by atoms with Gasteiger partial charge in [0.15, 0.2) is 0 Å². The summed E-state index contributed by atoms with van der Waals surface area (Å²) in [7, 11) is 1.74. The maximum absolute atomic E-state index is 13.6. The Kier molecular flexibility index (Phi) is 5.52. The number of anilines is 1. The highest BCUT2D eigenvalue weighted by Gasteiger charge is 2.25. The Hall–Kier alpha value is -2.88. The van der Waals surface area contributed by atoms with Crippen LogP contribution in [0.1, 0.15) is 16.1 Å². The van der Waals surface area contributed by atoms with Gasteiger partial charge in [-0.2, -0.15) is 0 Å². The number of rotatable bonds is 4. The Balaban J connectivity index is 1.97. The van der Waals surface area contributed by atoms with Crippen LogP contribution in [-0.2, 0) is 5.88 Å². The highest BCUT2D eigenvalue weighted by Crippen LogP contribution is 2.35. The molecule has 3 aromatic carbocycles. The van der Waals surface area contributed by atoms with Crippen LogP contribution in [-0.4, -0.2) is 17.9 Å². The molecule has 3 nitrogen and oxygen atoms in total. The van der Waals surface area contributed by atoms with Gasteiger partial charge in [0.25, 0.3) is 5.91 Å². The van der Waals surface area contributed by atoms with Gasteiger partial charge in [0.2, 0.25) is 0 Å². The van der Waals surface area contributed by atoms with E-state index in [4.69, 9.17) is 28.2 Å². The number of pyridine rings is 1. The fraction of sp³-hybridized carbons (Fsp3) is 0.0833. The third-order valence-electron chi connectivity index (χ3n) is 4.89. The molecular weight excluding hydrogens is 403 g/mol. The number of aromatic nitrogens is 1. The molecule has 1 aromatic heterocycles. The zero-order chi connectivity index (χ0) is 20.4. The lowest BCUT2D eigenvalue weighted by atomic mass is 9.93. The van der Waals surface area contributed by atoms with Crippen LogP contribution in [0, 0.1) is 0 Å². The van der Waals surface area contributed by atoms with Crippen molar-refractivity contribution in [1.82, 2.24) is 4.98 Å². The number of alkyl halides is 1. The van der Waals surface area contributed by atoms with E-state index in [1.165, 1.54) is 0 Å². The Morgan fingerprint density at radius 1 is 0.931 bits per heavy atom. The summed E-state index contributed by atoms with van der Waals surface area (Å²) in [4.78, 5) is 19.9. The number of benzene rings is 3. The molecule has 0 unspecified atom stereocenters. The van der Waals surface area contributed by atoms with Crippen molar-refractivity contribution in [2.75, 3.05) is 11.9 Å². The number of fused-ring (bicyclic) bond motifs is 1. The molecule has 4 rings (SSSR count). The normalized spacial score (nSPS) is 10.9. The van der Waals surface area contributed by atoms with Crippen molar-refractivity contribution in [3.8, 4) is 11.1 Å². The fourth-order valence-electron chi connectivity index (χ4n) is 3.44. The molecule has 0 spiro atoms. The molecule has 5 heteroatoms. The first kappa shape index (κ1) is 19.4. The van der Waals surface area contributed by atoms with Crippen molar-refractivity contribution >= 4 is 45.7 Å². The van der Waals surface area contributed by atoms with Crippen molar-refractivity contribution in [1.29, 1.82) is 0 Å². The fourth-order valence-corrected chi connectivity index (χ4v) is 3.76. The minimum absolute atomic E-state index is 0.139. The lowest BCUT2D eigenvalue weighted by Gasteiger charge is -2.22. The van der Waals surface area contributed by atoms with Gasteiger partial charge in [-0.15, -0.1) is 11.6 Å². The quantitative estimate of drug-likeness (QED) is 0.349. The second-order valence-electron chi connectivity index (χ2n) is 6.67. The van der Waals surface area contributed by atoms with Gasteiger partial charge in [0, 0.05) is 28.7 Å². The van der Waals surface area contributed by atoms with E-state index in [1.54, 1.807) is 24.1 Å². The molecule has 4 aromatic rings. The molecule has 0 aliphatic rings. The largest absolute Gasteiger partial charge is 0.311 e. The van der Waals surface area contributed by atoms with Crippen LogP contribution in [0.25, 0.3) is 22.0 Å². The van der Waals surface area contributed by atoms with Crippen LogP contribution in [0.2, 0.25) is 5.02 Å². The Morgan fingerprint density at radius 3 is 2.28 bits per heavy atom. The van der Waals surface area contributed by atoms with E-state index in [2.05, 4.69) is 0 Å². The van der Waals surface area contributed by atoms with Gasteiger partial charge in [0.05, 0.1) is 22.7 Å². The van der Waals surface area contributed by atoms with E-state index in [0.717, 1.165) is 27.7 Å². The van der Waals surface area contributed by atoms with E-state index in [-0.39, 0.29) is 11.8 Å². The standard InChI is InChI=1S/C24H18Cl2N2O/c1-28(18-13-11-17(26)12-14-18)24(29)23-21(15-25)27-20-10-6-5-9-19(20)22(23)16-7-3-2-4-8-16/h2-14H,15H2,1H3. The second kappa shape index (κ2) is 8.24. The molecule has 0 radical (unpaired) electrons. The van der Waals surface area contributed by atoms with E-state index in [0.29, 0.717) is 16.3 Å². The van der Waals surface area contributed by atoms with Crippen molar-refractivity contribution < 1.29 is 4.79 Å². The molecule has 0 aliphatic heterocycles. The zero-order valence-electron chi connectivity index (χ0n) is 15.8. The van der Waals surface area contributed by atoms with E-state index >= 15 is 0 Å². The smallest absolute Gasteiger partial charge is 0.260 e. The molecule has 0 atom stereocenters. The highest BCUT2D eigenvalue weighted by atomic mass is 35.5. The number of halogens is 2. The Bertz CT molecular complexity index is 1170. The summed E-state index contributed by atoms with van der Waals surface area (Å²) in [5, 5.41) is 1.54.